The number of benzene rings is 2. The molecule has 0 aromatic heterocycles. The quantitative estimate of drug-likeness (QED) is 0.109. The molecule has 1 fully saturated rings. The van der Waals surface area contributed by atoms with Crippen molar-refractivity contribution in [2.24, 2.45) is 5.92 Å². The van der Waals surface area contributed by atoms with Gasteiger partial charge in [-0.2, -0.15) is 0 Å². The molecule has 0 spiro atoms. The Morgan fingerprint density at radius 3 is 1.84 bits per heavy atom. The summed E-state index contributed by atoms with van der Waals surface area (Å²) in [5.74, 6) is 0.221. The van der Waals surface area contributed by atoms with Gasteiger partial charge in [-0.1, -0.05) is 103 Å². The predicted octanol–water partition coefficient (Wildman–Crippen LogP) is 9.90. The lowest BCUT2D eigenvalue weighted by molar-refractivity contribution is -0.153. The molecule has 3 unspecified atom stereocenters. The fourth-order valence-corrected chi connectivity index (χ4v) is 7.67. The molecule has 0 saturated heterocycles. The molecule has 2 aromatic carbocycles. The Balaban J connectivity index is 1.06. The number of hydrogen-bond acceptors (Lipinski definition) is 4. The highest BCUT2D eigenvalue weighted by Gasteiger charge is 2.45. The van der Waals surface area contributed by atoms with Gasteiger partial charge in [0.25, 0.3) is 11.8 Å². The molecule has 240 valence electrons. The maximum absolute atomic E-state index is 13.7. The highest BCUT2D eigenvalue weighted by Crippen LogP contribution is 2.36. The summed E-state index contributed by atoms with van der Waals surface area (Å²) in [6.45, 7) is 4.64. The molecule has 2 amide bonds. The van der Waals surface area contributed by atoms with Gasteiger partial charge in [0.15, 0.2) is 0 Å². The smallest absolute Gasteiger partial charge is 0.306 e. The molecule has 0 radical (unpaired) electrons. The van der Waals surface area contributed by atoms with Crippen LogP contribution in [0.5, 0.6) is 0 Å². The Hall–Kier alpha value is -2.69. The Kier molecular flexibility index (Phi) is 11.9. The first-order valence-electron chi connectivity index (χ1n) is 18.1. The van der Waals surface area contributed by atoms with Gasteiger partial charge >= 0.3 is 5.97 Å². The van der Waals surface area contributed by atoms with E-state index in [1.165, 1.54) is 93.1 Å². The number of imide groups is 1. The first-order valence-corrected chi connectivity index (χ1v) is 18.1. The molecule has 5 rings (SSSR count). The molecule has 1 saturated carbocycles. The van der Waals surface area contributed by atoms with Crippen LogP contribution in [0.2, 0.25) is 0 Å². The monoisotopic (exact) mass is 601 g/mol. The fourth-order valence-electron chi connectivity index (χ4n) is 7.67. The largest absolute Gasteiger partial charge is 0.460 e. The van der Waals surface area contributed by atoms with Crippen molar-refractivity contribution in [3.05, 3.63) is 46.5 Å². The van der Waals surface area contributed by atoms with Crippen LogP contribution in [0.15, 0.2) is 24.3 Å². The van der Waals surface area contributed by atoms with Crippen molar-refractivity contribution in [1.29, 1.82) is 0 Å². The third-order valence-electron chi connectivity index (χ3n) is 10.6. The molecule has 3 aliphatic rings. The number of unbranched alkanes of at least 4 members (excludes halogenated alkanes) is 9. The second-order valence-electron chi connectivity index (χ2n) is 14.0. The minimum Gasteiger partial charge on any atom is -0.460 e. The number of fused-ring (bicyclic) bond motifs is 3. The van der Waals surface area contributed by atoms with Crippen LogP contribution in [0.25, 0.3) is 10.8 Å². The maximum Gasteiger partial charge on any atom is 0.306 e. The SMILES string of the molecule is CCC(C)CCCCCCCCCCCCC(=O)OC1CCCCC1N1C(=O)c2cc3cc4c(cc3cc2C1=O)CCCC4. The summed E-state index contributed by atoms with van der Waals surface area (Å²) in [6, 6.07) is 7.88. The number of aryl methyl sites for hydroxylation is 2. The van der Waals surface area contributed by atoms with Crippen molar-refractivity contribution >= 4 is 28.6 Å². The van der Waals surface area contributed by atoms with Crippen molar-refractivity contribution in [2.45, 2.75) is 161 Å². The zero-order valence-electron chi connectivity index (χ0n) is 27.5. The molecule has 1 heterocycles. The van der Waals surface area contributed by atoms with Gasteiger partial charge in [0.05, 0.1) is 17.2 Å². The predicted molar refractivity (Wildman–Crippen MR) is 178 cm³/mol. The molecule has 5 nitrogen and oxygen atoms in total. The van der Waals surface area contributed by atoms with E-state index in [9.17, 15) is 14.4 Å². The molecule has 44 heavy (non-hydrogen) atoms. The van der Waals surface area contributed by atoms with Crippen molar-refractivity contribution in [3.63, 3.8) is 0 Å². The van der Waals surface area contributed by atoms with E-state index in [-0.39, 0.29) is 23.8 Å². The molecule has 2 aliphatic carbocycles. The topological polar surface area (TPSA) is 63.7 Å². The van der Waals surface area contributed by atoms with Crippen LogP contribution in [0.4, 0.5) is 0 Å². The summed E-state index contributed by atoms with van der Waals surface area (Å²) in [4.78, 5) is 41.6. The van der Waals surface area contributed by atoms with Crippen molar-refractivity contribution in [1.82, 2.24) is 4.90 Å². The Morgan fingerprint density at radius 2 is 1.27 bits per heavy atom. The third-order valence-corrected chi connectivity index (χ3v) is 10.6. The van der Waals surface area contributed by atoms with Gasteiger partial charge < -0.3 is 4.74 Å². The number of carbonyl (C=O) groups is 3. The number of amides is 2. The van der Waals surface area contributed by atoms with Gasteiger partial charge in [-0.3, -0.25) is 19.3 Å². The molecule has 5 heteroatoms. The summed E-state index contributed by atoms with van der Waals surface area (Å²) in [7, 11) is 0. The normalized spacial score (nSPS) is 20.5. The molecular formula is C39H55NO4. The highest BCUT2D eigenvalue weighted by atomic mass is 16.5. The van der Waals surface area contributed by atoms with Crippen LogP contribution in [0, 0.1) is 5.92 Å². The molecule has 0 bridgehead atoms. The Morgan fingerprint density at radius 1 is 0.750 bits per heavy atom. The van der Waals surface area contributed by atoms with E-state index in [2.05, 4.69) is 26.0 Å². The zero-order valence-corrected chi connectivity index (χ0v) is 27.5. The first kappa shape index (κ1) is 32.7. The van der Waals surface area contributed by atoms with E-state index >= 15 is 0 Å². The van der Waals surface area contributed by atoms with Gasteiger partial charge in [0, 0.05) is 6.42 Å². The van der Waals surface area contributed by atoms with E-state index < -0.39 is 6.10 Å². The van der Waals surface area contributed by atoms with Crippen LogP contribution >= 0.6 is 0 Å². The molecule has 0 N–H and O–H groups in total. The number of esters is 1. The van der Waals surface area contributed by atoms with Crippen LogP contribution < -0.4 is 0 Å². The summed E-state index contributed by atoms with van der Waals surface area (Å²) in [5, 5.41) is 2.07. The summed E-state index contributed by atoms with van der Waals surface area (Å²) >= 11 is 0. The van der Waals surface area contributed by atoms with E-state index in [0.717, 1.165) is 55.2 Å². The van der Waals surface area contributed by atoms with Crippen LogP contribution in [0.1, 0.15) is 168 Å². The fraction of sp³-hybridized carbons (Fsp3) is 0.667. The third kappa shape index (κ3) is 8.12. The van der Waals surface area contributed by atoms with E-state index in [4.69, 9.17) is 4.74 Å². The maximum atomic E-state index is 13.7. The second-order valence-corrected chi connectivity index (χ2v) is 14.0. The average molecular weight is 602 g/mol. The van der Waals surface area contributed by atoms with Gasteiger partial charge in [0.1, 0.15) is 6.10 Å². The number of rotatable bonds is 16. The molecule has 3 atom stereocenters. The second kappa shape index (κ2) is 16.0. The number of hydrogen-bond donors (Lipinski definition) is 0. The minimum atomic E-state index is -0.412. The summed E-state index contributed by atoms with van der Waals surface area (Å²) < 4.78 is 5.99. The number of nitrogens with zero attached hydrogens (tertiary/aromatic N) is 1. The Bertz CT molecular complexity index is 1230. The van der Waals surface area contributed by atoms with Crippen molar-refractivity contribution in [2.75, 3.05) is 0 Å². The van der Waals surface area contributed by atoms with E-state index in [1.54, 1.807) is 0 Å². The average Bonchev–Trinajstić information content (AvgIpc) is 3.27. The van der Waals surface area contributed by atoms with Gasteiger partial charge in [-0.05, 0) is 91.3 Å². The van der Waals surface area contributed by atoms with Crippen LogP contribution in [-0.2, 0) is 22.4 Å². The lowest BCUT2D eigenvalue weighted by atomic mass is 9.88. The lowest BCUT2D eigenvalue weighted by Crippen LogP contribution is -2.49. The number of carbonyl (C=O) groups excluding carboxylic acids is 3. The zero-order chi connectivity index (χ0) is 30.9. The van der Waals surface area contributed by atoms with E-state index in [1.807, 2.05) is 12.1 Å². The first-order chi connectivity index (χ1) is 21.5. The molecule has 2 aromatic rings. The van der Waals surface area contributed by atoms with Crippen LogP contribution in [0.3, 0.4) is 0 Å². The lowest BCUT2D eigenvalue weighted by Gasteiger charge is -2.36. The Labute approximate surface area is 265 Å². The van der Waals surface area contributed by atoms with E-state index in [0.29, 0.717) is 30.4 Å². The molecular weight excluding hydrogens is 546 g/mol. The van der Waals surface area contributed by atoms with Gasteiger partial charge in [-0.25, -0.2) is 0 Å². The van der Waals surface area contributed by atoms with Crippen molar-refractivity contribution < 1.29 is 19.1 Å². The number of ether oxygens (including phenoxy) is 1. The standard InChI is InChI=1S/C39H55NO4/c1-3-28(2)18-12-10-8-6-4-5-7-9-11-13-23-37(41)44-36-22-17-16-21-35(36)40-38(42)33-26-31-24-29-19-14-15-20-30(29)25-32(31)27-34(33)39(40)43/h24-28,35-36H,3-23H2,1-2H3. The molecule has 1 aliphatic heterocycles. The van der Waals surface area contributed by atoms with Gasteiger partial charge in [-0.15, -0.1) is 0 Å². The minimum absolute atomic E-state index is 0.188. The highest BCUT2D eigenvalue weighted by molar-refractivity contribution is 6.23. The summed E-state index contributed by atoms with van der Waals surface area (Å²) in [6.07, 6.45) is 22.9. The van der Waals surface area contributed by atoms with Crippen molar-refractivity contribution in [3.8, 4) is 0 Å². The van der Waals surface area contributed by atoms with Crippen LogP contribution in [-0.4, -0.2) is 34.8 Å². The van der Waals surface area contributed by atoms with Gasteiger partial charge in [0.2, 0.25) is 0 Å². The summed E-state index contributed by atoms with van der Waals surface area (Å²) in [5.41, 5.74) is 3.73.